The number of nitrogens with zero attached hydrogens (tertiary/aromatic N) is 2. The van der Waals surface area contributed by atoms with Crippen molar-refractivity contribution in [2.75, 3.05) is 0 Å². The molecule has 0 aliphatic carbocycles. The SMILES string of the molecule is Cc1c(Cc2ccccc2)nn(C)c1O. The summed E-state index contributed by atoms with van der Waals surface area (Å²) >= 11 is 0. The second kappa shape index (κ2) is 3.77. The van der Waals surface area contributed by atoms with Crippen LogP contribution in [0.1, 0.15) is 16.8 Å². The Morgan fingerprint density at radius 2 is 1.93 bits per heavy atom. The topological polar surface area (TPSA) is 38.0 Å². The third kappa shape index (κ3) is 1.86. The average Bonchev–Trinajstić information content (AvgIpc) is 2.48. The van der Waals surface area contributed by atoms with Crippen LogP contribution in [0.5, 0.6) is 5.88 Å². The molecule has 1 heterocycles. The van der Waals surface area contributed by atoms with Gasteiger partial charge in [0, 0.05) is 19.0 Å². The van der Waals surface area contributed by atoms with Gasteiger partial charge in [-0.2, -0.15) is 5.10 Å². The lowest BCUT2D eigenvalue weighted by Gasteiger charge is -1.98. The summed E-state index contributed by atoms with van der Waals surface area (Å²) in [5.74, 6) is 0.251. The molecule has 1 N–H and O–H groups in total. The maximum atomic E-state index is 9.61. The first-order chi connectivity index (χ1) is 7.18. The molecular formula is C12H14N2O. The van der Waals surface area contributed by atoms with Crippen LogP contribution in [0.3, 0.4) is 0 Å². The van der Waals surface area contributed by atoms with Crippen LogP contribution in [-0.4, -0.2) is 14.9 Å². The van der Waals surface area contributed by atoms with E-state index in [1.165, 1.54) is 10.2 Å². The van der Waals surface area contributed by atoms with Crippen molar-refractivity contribution in [3.8, 4) is 5.88 Å². The molecule has 0 radical (unpaired) electrons. The minimum absolute atomic E-state index is 0.251. The van der Waals surface area contributed by atoms with E-state index in [0.717, 1.165) is 17.7 Å². The number of benzene rings is 1. The molecule has 0 aliphatic heterocycles. The van der Waals surface area contributed by atoms with Gasteiger partial charge in [-0.15, -0.1) is 0 Å². The molecule has 0 unspecified atom stereocenters. The molecule has 2 aromatic rings. The van der Waals surface area contributed by atoms with Crippen molar-refractivity contribution in [2.24, 2.45) is 7.05 Å². The monoisotopic (exact) mass is 202 g/mol. The highest BCUT2D eigenvalue weighted by atomic mass is 16.3. The molecule has 0 fully saturated rings. The molecule has 3 nitrogen and oxygen atoms in total. The van der Waals surface area contributed by atoms with Crippen molar-refractivity contribution < 1.29 is 5.11 Å². The number of hydrogen-bond acceptors (Lipinski definition) is 2. The highest BCUT2D eigenvalue weighted by Crippen LogP contribution is 2.20. The fourth-order valence-electron chi connectivity index (χ4n) is 1.63. The van der Waals surface area contributed by atoms with Crippen molar-refractivity contribution in [1.29, 1.82) is 0 Å². The largest absolute Gasteiger partial charge is 0.493 e. The quantitative estimate of drug-likeness (QED) is 0.809. The molecule has 1 aromatic carbocycles. The minimum atomic E-state index is 0.251. The molecule has 0 spiro atoms. The van der Waals surface area contributed by atoms with E-state index in [9.17, 15) is 5.11 Å². The van der Waals surface area contributed by atoms with E-state index in [0.29, 0.717) is 0 Å². The van der Waals surface area contributed by atoms with Gasteiger partial charge in [-0.05, 0) is 12.5 Å². The van der Waals surface area contributed by atoms with Crippen LogP contribution in [0.2, 0.25) is 0 Å². The predicted octanol–water partition coefficient (Wildman–Crippen LogP) is 2.02. The zero-order chi connectivity index (χ0) is 10.8. The lowest BCUT2D eigenvalue weighted by molar-refractivity contribution is 0.416. The molecule has 0 saturated carbocycles. The van der Waals surface area contributed by atoms with Gasteiger partial charge < -0.3 is 5.11 Å². The maximum absolute atomic E-state index is 9.61. The summed E-state index contributed by atoms with van der Waals surface area (Å²) in [6, 6.07) is 10.1. The normalized spacial score (nSPS) is 10.5. The van der Waals surface area contributed by atoms with Crippen LogP contribution >= 0.6 is 0 Å². The van der Waals surface area contributed by atoms with Gasteiger partial charge >= 0.3 is 0 Å². The second-order valence-corrected chi connectivity index (χ2v) is 3.68. The lowest BCUT2D eigenvalue weighted by atomic mass is 10.1. The molecule has 15 heavy (non-hydrogen) atoms. The van der Waals surface area contributed by atoms with Gasteiger partial charge in [0.1, 0.15) is 0 Å². The molecule has 0 aliphatic rings. The summed E-state index contributed by atoms with van der Waals surface area (Å²) in [4.78, 5) is 0. The van der Waals surface area contributed by atoms with Gasteiger partial charge in [0.15, 0.2) is 0 Å². The number of aryl methyl sites for hydroxylation is 1. The van der Waals surface area contributed by atoms with Gasteiger partial charge in [-0.3, -0.25) is 0 Å². The number of rotatable bonds is 2. The zero-order valence-corrected chi connectivity index (χ0v) is 8.94. The van der Waals surface area contributed by atoms with Crippen LogP contribution in [-0.2, 0) is 13.5 Å². The van der Waals surface area contributed by atoms with E-state index >= 15 is 0 Å². The summed E-state index contributed by atoms with van der Waals surface area (Å²) in [5, 5.41) is 13.9. The Hall–Kier alpha value is -1.77. The van der Waals surface area contributed by atoms with E-state index in [2.05, 4.69) is 17.2 Å². The maximum Gasteiger partial charge on any atom is 0.212 e. The molecule has 1 aromatic heterocycles. The fourth-order valence-corrected chi connectivity index (χ4v) is 1.63. The highest BCUT2D eigenvalue weighted by Gasteiger charge is 2.10. The van der Waals surface area contributed by atoms with E-state index in [1.807, 2.05) is 25.1 Å². The van der Waals surface area contributed by atoms with Gasteiger partial charge in [-0.1, -0.05) is 30.3 Å². The smallest absolute Gasteiger partial charge is 0.212 e. The summed E-state index contributed by atoms with van der Waals surface area (Å²) in [6.07, 6.45) is 0.765. The molecule has 78 valence electrons. The Kier molecular flexibility index (Phi) is 2.46. The number of aromatic hydroxyl groups is 1. The lowest BCUT2D eigenvalue weighted by Crippen LogP contribution is -1.93. The number of hydrogen-bond donors (Lipinski definition) is 1. The zero-order valence-electron chi connectivity index (χ0n) is 8.94. The van der Waals surface area contributed by atoms with Gasteiger partial charge in [0.2, 0.25) is 5.88 Å². The molecular weight excluding hydrogens is 188 g/mol. The van der Waals surface area contributed by atoms with Gasteiger partial charge in [-0.25, -0.2) is 4.68 Å². The standard InChI is InChI=1S/C12H14N2O/c1-9-11(13-14(2)12(9)15)8-10-6-4-3-5-7-10/h3-7,15H,8H2,1-2H3. The van der Waals surface area contributed by atoms with E-state index in [1.54, 1.807) is 7.05 Å². The molecule has 0 bridgehead atoms. The summed E-state index contributed by atoms with van der Waals surface area (Å²) in [5.41, 5.74) is 3.00. The Labute approximate surface area is 89.0 Å². The van der Waals surface area contributed by atoms with E-state index in [4.69, 9.17) is 0 Å². The Balaban J connectivity index is 2.29. The summed E-state index contributed by atoms with van der Waals surface area (Å²) < 4.78 is 1.51. The predicted molar refractivity (Wildman–Crippen MR) is 58.9 cm³/mol. The molecule has 2 rings (SSSR count). The summed E-state index contributed by atoms with van der Waals surface area (Å²) in [6.45, 7) is 1.89. The van der Waals surface area contributed by atoms with Crippen molar-refractivity contribution >= 4 is 0 Å². The second-order valence-electron chi connectivity index (χ2n) is 3.68. The molecule has 0 saturated heterocycles. The van der Waals surface area contributed by atoms with E-state index < -0.39 is 0 Å². The first kappa shape index (κ1) is 9.77. The van der Waals surface area contributed by atoms with E-state index in [-0.39, 0.29) is 5.88 Å². The van der Waals surface area contributed by atoms with Crippen LogP contribution in [0.4, 0.5) is 0 Å². The average molecular weight is 202 g/mol. The number of aromatic nitrogens is 2. The van der Waals surface area contributed by atoms with Crippen molar-refractivity contribution in [3.05, 3.63) is 47.2 Å². The van der Waals surface area contributed by atoms with Crippen LogP contribution < -0.4 is 0 Å². The van der Waals surface area contributed by atoms with Gasteiger partial charge in [0.25, 0.3) is 0 Å². The Morgan fingerprint density at radius 1 is 1.27 bits per heavy atom. The van der Waals surface area contributed by atoms with Crippen LogP contribution in [0.15, 0.2) is 30.3 Å². The highest BCUT2D eigenvalue weighted by molar-refractivity contribution is 5.32. The van der Waals surface area contributed by atoms with Crippen LogP contribution in [0, 0.1) is 6.92 Å². The van der Waals surface area contributed by atoms with Crippen molar-refractivity contribution in [1.82, 2.24) is 9.78 Å². The first-order valence-corrected chi connectivity index (χ1v) is 4.94. The van der Waals surface area contributed by atoms with Crippen LogP contribution in [0.25, 0.3) is 0 Å². The first-order valence-electron chi connectivity index (χ1n) is 4.94. The van der Waals surface area contributed by atoms with Crippen molar-refractivity contribution in [2.45, 2.75) is 13.3 Å². The Morgan fingerprint density at radius 3 is 2.47 bits per heavy atom. The third-order valence-electron chi connectivity index (χ3n) is 2.56. The van der Waals surface area contributed by atoms with Crippen molar-refractivity contribution in [3.63, 3.8) is 0 Å². The molecule has 3 heteroatoms. The fraction of sp³-hybridized carbons (Fsp3) is 0.250. The third-order valence-corrected chi connectivity index (χ3v) is 2.56. The minimum Gasteiger partial charge on any atom is -0.493 e. The Bertz CT molecular complexity index is 460. The molecule has 0 amide bonds. The summed E-state index contributed by atoms with van der Waals surface area (Å²) in [7, 11) is 1.75. The molecule has 0 atom stereocenters. The van der Waals surface area contributed by atoms with Gasteiger partial charge in [0.05, 0.1) is 5.69 Å².